The van der Waals surface area contributed by atoms with Gasteiger partial charge >= 0.3 is 5.97 Å². The van der Waals surface area contributed by atoms with Gasteiger partial charge in [0, 0.05) is 11.7 Å². The van der Waals surface area contributed by atoms with Crippen LogP contribution in [0.15, 0.2) is 12.3 Å². The summed E-state index contributed by atoms with van der Waals surface area (Å²) in [6.07, 6.45) is 6.62. The third kappa shape index (κ3) is 2.60. The minimum Gasteiger partial charge on any atom is -0.478 e. The summed E-state index contributed by atoms with van der Waals surface area (Å²) in [6.45, 7) is 2.03. The Balaban J connectivity index is 2.23. The van der Waals surface area contributed by atoms with Crippen molar-refractivity contribution in [3.05, 3.63) is 23.6 Å². The summed E-state index contributed by atoms with van der Waals surface area (Å²) in [7, 11) is 0. The van der Waals surface area contributed by atoms with E-state index in [1.165, 1.54) is 18.7 Å². The van der Waals surface area contributed by atoms with Gasteiger partial charge in [-0.2, -0.15) is 0 Å². The number of carboxylic acids is 1. The van der Waals surface area contributed by atoms with Gasteiger partial charge in [-0.3, -0.25) is 0 Å². The first-order valence-electron chi connectivity index (χ1n) is 6.18. The first-order valence-corrected chi connectivity index (χ1v) is 6.18. The first-order chi connectivity index (χ1) is 8.52. The second-order valence-corrected chi connectivity index (χ2v) is 5.07. The van der Waals surface area contributed by atoms with E-state index in [9.17, 15) is 9.18 Å². The largest absolute Gasteiger partial charge is 0.478 e. The molecule has 1 aromatic rings. The number of carbonyl (C=O) groups is 1. The highest BCUT2D eigenvalue weighted by molar-refractivity contribution is 5.88. The summed E-state index contributed by atoms with van der Waals surface area (Å²) in [5.74, 6) is -2.01. The van der Waals surface area contributed by atoms with E-state index in [2.05, 4.69) is 10.3 Å². The summed E-state index contributed by atoms with van der Waals surface area (Å²) < 4.78 is 13.9. The Kier molecular flexibility index (Phi) is 3.50. The van der Waals surface area contributed by atoms with Crippen LogP contribution in [0.1, 0.15) is 49.4 Å². The number of aromatic carboxylic acids is 1. The quantitative estimate of drug-likeness (QED) is 0.867. The maximum Gasteiger partial charge on any atom is 0.338 e. The third-order valence-electron chi connectivity index (χ3n) is 3.50. The highest BCUT2D eigenvalue weighted by Crippen LogP contribution is 2.31. The Labute approximate surface area is 105 Å². The molecule has 0 aromatic carbocycles. The summed E-state index contributed by atoms with van der Waals surface area (Å²) in [4.78, 5) is 14.8. The Hall–Kier alpha value is -1.65. The number of hydrogen-bond donors (Lipinski definition) is 2. The van der Waals surface area contributed by atoms with E-state index in [-0.39, 0.29) is 16.9 Å². The minimum atomic E-state index is -1.27. The van der Waals surface area contributed by atoms with Crippen LogP contribution >= 0.6 is 0 Å². The van der Waals surface area contributed by atoms with Gasteiger partial charge in [0.25, 0.3) is 0 Å². The molecule has 1 fully saturated rings. The number of hydrogen-bond acceptors (Lipinski definition) is 3. The number of carboxylic acid groups (broad SMARTS) is 1. The molecule has 0 aliphatic heterocycles. The number of halogens is 1. The van der Waals surface area contributed by atoms with Crippen molar-refractivity contribution >= 4 is 11.8 Å². The van der Waals surface area contributed by atoms with Gasteiger partial charge in [0.05, 0.1) is 0 Å². The molecule has 4 nitrogen and oxygen atoms in total. The fourth-order valence-electron chi connectivity index (χ4n) is 2.44. The maximum atomic E-state index is 13.9. The van der Waals surface area contributed by atoms with Crippen molar-refractivity contribution in [2.45, 2.75) is 44.6 Å². The molecule has 2 N–H and O–H groups in total. The van der Waals surface area contributed by atoms with Gasteiger partial charge in [0.2, 0.25) is 0 Å². The van der Waals surface area contributed by atoms with Gasteiger partial charge in [-0.1, -0.05) is 19.3 Å². The molecule has 0 amide bonds. The van der Waals surface area contributed by atoms with Gasteiger partial charge in [0.1, 0.15) is 5.56 Å². The van der Waals surface area contributed by atoms with Gasteiger partial charge in [-0.05, 0) is 25.8 Å². The van der Waals surface area contributed by atoms with E-state index >= 15 is 0 Å². The number of nitrogens with zero attached hydrogens (tertiary/aromatic N) is 1. The molecule has 98 valence electrons. The fourth-order valence-corrected chi connectivity index (χ4v) is 2.44. The number of rotatable bonds is 3. The second-order valence-electron chi connectivity index (χ2n) is 5.07. The van der Waals surface area contributed by atoms with Crippen molar-refractivity contribution in [2.24, 2.45) is 0 Å². The lowest BCUT2D eigenvalue weighted by molar-refractivity contribution is 0.0691. The fraction of sp³-hybridized carbons (Fsp3) is 0.538. The Morgan fingerprint density at radius 3 is 2.72 bits per heavy atom. The molecule has 1 aliphatic carbocycles. The van der Waals surface area contributed by atoms with Gasteiger partial charge in [-0.25, -0.2) is 14.2 Å². The van der Waals surface area contributed by atoms with Crippen LogP contribution in [0, 0.1) is 5.82 Å². The monoisotopic (exact) mass is 252 g/mol. The maximum absolute atomic E-state index is 13.9. The molecule has 0 unspecified atom stereocenters. The summed E-state index contributed by atoms with van der Waals surface area (Å²) >= 11 is 0. The normalized spacial score (nSPS) is 18.3. The van der Waals surface area contributed by atoms with Crippen molar-refractivity contribution in [1.29, 1.82) is 0 Å². The zero-order valence-electron chi connectivity index (χ0n) is 10.4. The van der Waals surface area contributed by atoms with E-state index < -0.39 is 11.8 Å². The number of nitrogens with one attached hydrogen (secondary N) is 1. The minimum absolute atomic E-state index is 0.0410. The lowest BCUT2D eigenvalue weighted by atomic mass is 9.83. The van der Waals surface area contributed by atoms with Crippen molar-refractivity contribution < 1.29 is 14.3 Å². The highest BCUT2D eigenvalue weighted by atomic mass is 19.1. The van der Waals surface area contributed by atoms with Crippen LogP contribution in [-0.2, 0) is 0 Å². The highest BCUT2D eigenvalue weighted by Gasteiger charge is 2.28. The molecule has 0 bridgehead atoms. The standard InChI is InChI=1S/C13H17FN2O2/c1-13(6-3-2-4-7-13)16-11-10(14)9(12(17)18)5-8-15-11/h5,8H,2-4,6-7H2,1H3,(H,15,16)(H,17,18). The van der Waals surface area contributed by atoms with Crippen molar-refractivity contribution in [3.63, 3.8) is 0 Å². The first kappa shape index (κ1) is 12.8. The molecule has 5 heteroatoms. The van der Waals surface area contributed by atoms with Gasteiger partial charge < -0.3 is 10.4 Å². The van der Waals surface area contributed by atoms with Crippen LogP contribution in [0.25, 0.3) is 0 Å². The molecular formula is C13H17FN2O2. The van der Waals surface area contributed by atoms with Crippen LogP contribution < -0.4 is 5.32 Å². The summed E-state index contributed by atoms with van der Waals surface area (Å²) in [5, 5.41) is 11.9. The molecule has 0 radical (unpaired) electrons. The van der Waals surface area contributed by atoms with Crippen molar-refractivity contribution in [2.75, 3.05) is 5.32 Å². The molecule has 2 rings (SSSR count). The van der Waals surface area contributed by atoms with Crippen LogP contribution in [0.3, 0.4) is 0 Å². The van der Waals surface area contributed by atoms with Crippen LogP contribution in [-0.4, -0.2) is 21.6 Å². The molecule has 0 spiro atoms. The molecule has 18 heavy (non-hydrogen) atoms. The average molecular weight is 252 g/mol. The van der Waals surface area contributed by atoms with Crippen molar-refractivity contribution in [1.82, 2.24) is 4.98 Å². The van der Waals surface area contributed by atoms with Gasteiger partial charge in [-0.15, -0.1) is 0 Å². The van der Waals surface area contributed by atoms with E-state index in [0.29, 0.717) is 0 Å². The Morgan fingerprint density at radius 1 is 1.44 bits per heavy atom. The summed E-state index contributed by atoms with van der Waals surface area (Å²) in [6, 6.07) is 1.17. The number of aromatic nitrogens is 1. The molecule has 1 heterocycles. The zero-order chi connectivity index (χ0) is 13.2. The molecule has 1 aromatic heterocycles. The molecule has 1 saturated carbocycles. The molecule has 0 saturated heterocycles. The second kappa shape index (κ2) is 4.92. The third-order valence-corrected chi connectivity index (χ3v) is 3.50. The van der Waals surface area contributed by atoms with Crippen molar-refractivity contribution in [3.8, 4) is 0 Å². The van der Waals surface area contributed by atoms with Gasteiger partial charge in [0.15, 0.2) is 11.6 Å². The zero-order valence-corrected chi connectivity index (χ0v) is 10.4. The lowest BCUT2D eigenvalue weighted by Crippen LogP contribution is -2.37. The predicted molar refractivity (Wildman–Crippen MR) is 66.3 cm³/mol. The van der Waals surface area contributed by atoms with Crippen LogP contribution in [0.5, 0.6) is 0 Å². The van der Waals surface area contributed by atoms with E-state index in [4.69, 9.17) is 5.11 Å². The molecular weight excluding hydrogens is 235 g/mol. The topological polar surface area (TPSA) is 62.2 Å². The average Bonchev–Trinajstić information content (AvgIpc) is 2.32. The molecule has 0 atom stereocenters. The lowest BCUT2D eigenvalue weighted by Gasteiger charge is -2.35. The van der Waals surface area contributed by atoms with Crippen LogP contribution in [0.2, 0.25) is 0 Å². The van der Waals surface area contributed by atoms with Crippen LogP contribution in [0.4, 0.5) is 10.2 Å². The Morgan fingerprint density at radius 2 is 2.11 bits per heavy atom. The van der Waals surface area contributed by atoms with E-state index in [0.717, 1.165) is 25.7 Å². The predicted octanol–water partition coefficient (Wildman–Crippen LogP) is 3.05. The number of anilines is 1. The van der Waals surface area contributed by atoms with E-state index in [1.54, 1.807) is 0 Å². The smallest absolute Gasteiger partial charge is 0.338 e. The van der Waals surface area contributed by atoms with E-state index in [1.807, 2.05) is 6.92 Å². The SMILES string of the molecule is CC1(Nc2nccc(C(=O)O)c2F)CCCCC1. The molecule has 1 aliphatic rings. The number of pyridine rings is 1. The Bertz CT molecular complexity index is 456. The summed E-state index contributed by atoms with van der Waals surface area (Å²) in [5.41, 5.74) is -0.532.